The third kappa shape index (κ3) is 13.0. The van der Waals surface area contributed by atoms with Crippen LogP contribution >= 0.6 is 11.6 Å². The molecule has 1 aromatic heterocycles. The lowest BCUT2D eigenvalue weighted by atomic mass is 9.85. The summed E-state index contributed by atoms with van der Waals surface area (Å²) in [6.07, 6.45) is 17.0. The van der Waals surface area contributed by atoms with Crippen molar-refractivity contribution in [1.82, 2.24) is 25.5 Å². The highest BCUT2D eigenvalue weighted by Crippen LogP contribution is 2.25. The molecule has 2 N–H and O–H groups in total. The van der Waals surface area contributed by atoms with Crippen LogP contribution in [0.5, 0.6) is 0 Å². The maximum atomic E-state index is 13.5. The van der Waals surface area contributed by atoms with Gasteiger partial charge in [0.2, 0.25) is 11.8 Å². The van der Waals surface area contributed by atoms with Crippen molar-refractivity contribution in [3.63, 3.8) is 0 Å². The van der Waals surface area contributed by atoms with Gasteiger partial charge in [0.15, 0.2) is 0 Å². The first-order chi connectivity index (χ1) is 24.3. The quantitative estimate of drug-likeness (QED) is 0.117. The molecule has 2 aromatic rings. The van der Waals surface area contributed by atoms with Gasteiger partial charge in [-0.05, 0) is 74.4 Å². The minimum absolute atomic E-state index is 0.0152. The maximum Gasteiger partial charge on any atom is 0.278 e. The molecule has 2 aliphatic rings. The van der Waals surface area contributed by atoms with Gasteiger partial charge in [-0.15, -0.1) is 11.6 Å². The summed E-state index contributed by atoms with van der Waals surface area (Å²) in [5, 5.41) is 6.04. The van der Waals surface area contributed by atoms with Gasteiger partial charge in [0, 0.05) is 68.7 Å². The van der Waals surface area contributed by atoms with E-state index in [1.165, 1.54) is 11.2 Å². The van der Waals surface area contributed by atoms with E-state index >= 15 is 0 Å². The summed E-state index contributed by atoms with van der Waals surface area (Å²) >= 11 is 5.68. The Balaban J connectivity index is 1.20. The monoisotopic (exact) mass is 707 g/mol. The van der Waals surface area contributed by atoms with Crippen molar-refractivity contribution in [2.24, 2.45) is 10.9 Å². The highest BCUT2D eigenvalue weighted by atomic mass is 35.5. The Kier molecular flexibility index (Phi) is 16.4. The lowest BCUT2D eigenvalue weighted by Gasteiger charge is -2.29. The molecule has 1 aliphatic carbocycles. The van der Waals surface area contributed by atoms with Crippen molar-refractivity contribution >= 4 is 53.0 Å². The van der Waals surface area contributed by atoms with Crippen LogP contribution < -0.4 is 15.5 Å². The molecule has 270 valence electrons. The number of alkyl halides is 1. The van der Waals surface area contributed by atoms with Crippen LogP contribution in [0.25, 0.3) is 12.2 Å². The van der Waals surface area contributed by atoms with Gasteiger partial charge in [-0.1, -0.05) is 25.0 Å². The van der Waals surface area contributed by atoms with Gasteiger partial charge in [0.05, 0.1) is 19.8 Å². The zero-order chi connectivity index (χ0) is 35.6. The van der Waals surface area contributed by atoms with E-state index in [0.29, 0.717) is 63.8 Å². The number of rotatable bonds is 20. The molecular weight excluding hydrogens is 658 g/mol. The number of amides is 3. The Morgan fingerprint density at radius 3 is 2.32 bits per heavy atom. The molecule has 1 saturated carbocycles. The van der Waals surface area contributed by atoms with Gasteiger partial charge >= 0.3 is 0 Å². The molecule has 0 atom stereocenters. The summed E-state index contributed by atoms with van der Waals surface area (Å²) in [4.78, 5) is 55.5. The number of halogens is 1. The first-order valence-corrected chi connectivity index (χ1v) is 18.0. The molecule has 4 rings (SSSR count). The number of unbranched alkanes of at least 4 members (excludes halogenated alkanes) is 3. The number of anilines is 1. The minimum Gasteiger partial charge on any atom is -0.379 e. The number of aromatic nitrogens is 2. The largest absolute Gasteiger partial charge is 0.379 e. The van der Waals surface area contributed by atoms with Gasteiger partial charge in [0.25, 0.3) is 5.91 Å². The van der Waals surface area contributed by atoms with E-state index in [4.69, 9.17) is 21.1 Å². The molecule has 12 nitrogen and oxygen atoms in total. The fraction of sp³-hybridized carbons (Fsp3) is 0.514. The average molecular weight is 708 g/mol. The van der Waals surface area contributed by atoms with Gasteiger partial charge in [0.1, 0.15) is 24.4 Å². The molecule has 0 radical (unpaired) electrons. The molecule has 13 heteroatoms. The summed E-state index contributed by atoms with van der Waals surface area (Å²) in [6, 6.07) is 7.71. The number of benzene rings is 1. The second-order valence-corrected chi connectivity index (χ2v) is 13.0. The molecule has 0 bridgehead atoms. The number of carbonyl (C=O) groups excluding carboxylic acids is 3. The minimum atomic E-state index is -0.355. The van der Waals surface area contributed by atoms with E-state index in [0.717, 1.165) is 49.1 Å². The van der Waals surface area contributed by atoms with Crippen molar-refractivity contribution in [3.8, 4) is 0 Å². The second-order valence-electron chi connectivity index (χ2n) is 12.6. The predicted molar refractivity (Wildman–Crippen MR) is 197 cm³/mol. The summed E-state index contributed by atoms with van der Waals surface area (Å²) in [5.74, 6) is 0.351. The highest BCUT2D eigenvalue weighted by Gasteiger charge is 2.32. The van der Waals surface area contributed by atoms with Crippen molar-refractivity contribution < 1.29 is 23.9 Å². The summed E-state index contributed by atoms with van der Waals surface area (Å²) in [6.45, 7) is 2.48. The fourth-order valence-electron chi connectivity index (χ4n) is 5.72. The maximum absolute atomic E-state index is 13.5. The van der Waals surface area contributed by atoms with E-state index in [-0.39, 0.29) is 41.9 Å². The number of nitrogens with zero attached hydrogens (tertiary/aromatic N) is 5. The Morgan fingerprint density at radius 2 is 1.62 bits per heavy atom. The Hall–Kier alpha value is -4.13. The highest BCUT2D eigenvalue weighted by molar-refractivity contribution is 6.19. The zero-order valence-electron chi connectivity index (χ0n) is 29.2. The standard InChI is InChI=1S/C37H50ClN7O5/c1-44(2)32-14-7-28(8-15-32)23-33-37(48)45(34(43-33)16-9-29-24-39-27-40-25-29)26-35(46)42-31-12-10-30(11-13-31)36(47)41-18-20-50-22-21-49-19-6-4-3-5-17-38/h7-9,14-16,23-25,27,30-31H,3-6,10-13,17-22,26H2,1-2H3,(H,41,47)(H,42,46)/b16-9+,33-23-. The number of carbonyl (C=O) groups is 3. The smallest absolute Gasteiger partial charge is 0.278 e. The number of hydrogen-bond acceptors (Lipinski definition) is 9. The number of hydrogen-bond donors (Lipinski definition) is 2. The summed E-state index contributed by atoms with van der Waals surface area (Å²) in [5.41, 5.74) is 2.85. The molecule has 2 heterocycles. The molecule has 0 saturated heterocycles. The zero-order valence-corrected chi connectivity index (χ0v) is 29.9. The second kappa shape index (κ2) is 21.2. The van der Waals surface area contributed by atoms with Crippen molar-refractivity contribution in [2.75, 3.05) is 64.4 Å². The average Bonchev–Trinajstić information content (AvgIpc) is 3.41. The van der Waals surface area contributed by atoms with Gasteiger partial charge in [-0.3, -0.25) is 19.3 Å². The fourth-order valence-corrected chi connectivity index (χ4v) is 5.91. The number of nitrogens with one attached hydrogen (secondary N) is 2. The molecule has 1 fully saturated rings. The van der Waals surface area contributed by atoms with Crippen LogP contribution in [0.4, 0.5) is 5.69 Å². The van der Waals surface area contributed by atoms with Gasteiger partial charge in [-0.2, -0.15) is 0 Å². The number of ether oxygens (including phenoxy) is 2. The molecule has 1 aliphatic heterocycles. The molecule has 50 heavy (non-hydrogen) atoms. The van der Waals surface area contributed by atoms with Crippen molar-refractivity contribution in [3.05, 3.63) is 65.9 Å². The third-order valence-corrected chi connectivity index (χ3v) is 8.82. The van der Waals surface area contributed by atoms with E-state index < -0.39 is 0 Å². The summed E-state index contributed by atoms with van der Waals surface area (Å²) in [7, 11) is 3.93. The lowest BCUT2D eigenvalue weighted by molar-refractivity contribution is -0.129. The molecule has 1 aromatic carbocycles. The number of amidine groups is 1. The van der Waals surface area contributed by atoms with Crippen LogP contribution in [0.2, 0.25) is 0 Å². The Bertz CT molecular complexity index is 1460. The van der Waals surface area contributed by atoms with Gasteiger partial charge < -0.3 is 25.0 Å². The van der Waals surface area contributed by atoms with E-state index in [2.05, 4.69) is 25.6 Å². The molecule has 0 unspecified atom stereocenters. The molecule has 0 spiro atoms. The van der Waals surface area contributed by atoms with E-state index in [1.54, 1.807) is 30.6 Å². The first-order valence-electron chi connectivity index (χ1n) is 17.5. The SMILES string of the molecule is CN(C)c1ccc(/C=C2N=C(/C=C/c3cncnc3)N(CC(=O)NC3CCC(C(=O)NCCOCCOCCCCCCCl)CC3)C\2=O)cc1. The van der Waals surface area contributed by atoms with Crippen LogP contribution in [-0.2, 0) is 23.9 Å². The lowest BCUT2D eigenvalue weighted by Crippen LogP contribution is -2.46. The number of aliphatic imine (C=N–C) groups is 1. The predicted octanol–water partition coefficient (Wildman–Crippen LogP) is 4.46. The molecular formula is C37H50ClN7O5. The normalized spacial score (nSPS) is 18.5. The van der Waals surface area contributed by atoms with Crippen LogP contribution in [0.3, 0.4) is 0 Å². The topological polar surface area (TPSA) is 138 Å². The summed E-state index contributed by atoms with van der Waals surface area (Å²) < 4.78 is 11.2. The van der Waals surface area contributed by atoms with Gasteiger partial charge in [-0.25, -0.2) is 15.0 Å². The van der Waals surface area contributed by atoms with Crippen molar-refractivity contribution in [1.29, 1.82) is 0 Å². The van der Waals surface area contributed by atoms with Crippen molar-refractivity contribution in [2.45, 2.75) is 57.4 Å². The third-order valence-electron chi connectivity index (χ3n) is 8.55. The van der Waals surface area contributed by atoms with E-state index in [1.807, 2.05) is 43.3 Å². The Labute approximate surface area is 300 Å². The molecule has 3 amide bonds. The van der Waals surface area contributed by atoms with E-state index in [9.17, 15) is 14.4 Å². The Morgan fingerprint density at radius 1 is 0.920 bits per heavy atom. The van der Waals surface area contributed by atoms with Crippen LogP contribution in [0, 0.1) is 5.92 Å². The van der Waals surface area contributed by atoms with Crippen LogP contribution in [0.1, 0.15) is 62.5 Å². The first kappa shape index (κ1) is 38.7. The van der Waals surface area contributed by atoms with Crippen LogP contribution in [0.15, 0.2) is 59.8 Å². The van der Waals surface area contributed by atoms with Crippen LogP contribution in [-0.4, -0.2) is 104 Å².